The molecule has 0 spiro atoms. The highest BCUT2D eigenvalue weighted by molar-refractivity contribution is 6.04. The van der Waals surface area contributed by atoms with Crippen LogP contribution in [0.3, 0.4) is 0 Å². The predicted octanol–water partition coefficient (Wildman–Crippen LogP) is 2.13. The van der Waals surface area contributed by atoms with Gasteiger partial charge >= 0.3 is 0 Å². The minimum atomic E-state index is -0.217. The van der Waals surface area contributed by atoms with E-state index in [1.54, 1.807) is 32.0 Å². The maximum absolute atomic E-state index is 11.9. The van der Waals surface area contributed by atoms with Gasteiger partial charge in [-0.3, -0.25) is 4.79 Å². The first-order valence-electron chi connectivity index (χ1n) is 5.16. The van der Waals surface area contributed by atoms with E-state index in [1.807, 2.05) is 0 Å². The molecule has 17 heavy (non-hydrogen) atoms. The maximum Gasteiger partial charge on any atom is 0.259 e. The lowest BCUT2D eigenvalue weighted by molar-refractivity contribution is 0.102. The van der Waals surface area contributed by atoms with Gasteiger partial charge in [0.1, 0.15) is 17.3 Å². The molecule has 3 N–H and O–H groups in total. The topological polar surface area (TPSA) is 81.2 Å². The number of amides is 1. The molecular weight excluding hydrogens is 218 g/mol. The first-order chi connectivity index (χ1) is 8.06. The molecule has 0 unspecified atom stereocenters. The number of rotatable bonds is 2. The molecule has 0 saturated carbocycles. The van der Waals surface area contributed by atoms with E-state index in [4.69, 9.17) is 10.2 Å². The second-order valence-electron chi connectivity index (χ2n) is 3.75. The zero-order chi connectivity index (χ0) is 12.4. The van der Waals surface area contributed by atoms with Crippen LogP contribution in [0.1, 0.15) is 21.9 Å². The third kappa shape index (κ3) is 2.44. The Morgan fingerprint density at radius 1 is 1.41 bits per heavy atom. The highest BCUT2D eigenvalue weighted by Gasteiger charge is 2.13. The normalized spacial score (nSPS) is 10.2. The van der Waals surface area contributed by atoms with Crippen LogP contribution in [0.4, 0.5) is 11.5 Å². The smallest absolute Gasteiger partial charge is 0.259 e. The quantitative estimate of drug-likeness (QED) is 0.829. The highest BCUT2D eigenvalue weighted by atomic mass is 16.3. The molecule has 0 radical (unpaired) electrons. The molecule has 0 bridgehead atoms. The van der Waals surface area contributed by atoms with Gasteiger partial charge in [0, 0.05) is 0 Å². The van der Waals surface area contributed by atoms with Gasteiger partial charge in [0.2, 0.25) is 0 Å². The van der Waals surface area contributed by atoms with Gasteiger partial charge in [0.05, 0.1) is 17.4 Å². The molecule has 5 heteroatoms. The summed E-state index contributed by atoms with van der Waals surface area (Å²) in [6.07, 6.45) is 1.51. The fourth-order valence-electron chi connectivity index (χ4n) is 1.53. The summed E-state index contributed by atoms with van der Waals surface area (Å²) in [6, 6.07) is 5.03. The van der Waals surface area contributed by atoms with Gasteiger partial charge in [-0.25, -0.2) is 4.98 Å². The molecule has 88 valence electrons. The van der Waals surface area contributed by atoms with E-state index in [0.29, 0.717) is 28.6 Å². The fraction of sp³-hybridized carbons (Fsp3) is 0.167. The largest absolute Gasteiger partial charge is 0.466 e. The molecule has 0 aliphatic carbocycles. The Balaban J connectivity index is 2.17. The van der Waals surface area contributed by atoms with E-state index in [0.717, 1.165) is 0 Å². The number of nitrogen functional groups attached to an aromatic ring is 1. The number of anilines is 2. The summed E-state index contributed by atoms with van der Waals surface area (Å²) in [5.74, 6) is 1.51. The van der Waals surface area contributed by atoms with Gasteiger partial charge < -0.3 is 15.5 Å². The first kappa shape index (κ1) is 11.2. The van der Waals surface area contributed by atoms with Crippen molar-refractivity contribution in [3.8, 4) is 0 Å². The van der Waals surface area contributed by atoms with Crippen molar-refractivity contribution in [2.24, 2.45) is 0 Å². The lowest BCUT2D eigenvalue weighted by Gasteiger charge is -2.03. The lowest BCUT2D eigenvalue weighted by Crippen LogP contribution is -2.12. The van der Waals surface area contributed by atoms with Crippen molar-refractivity contribution < 1.29 is 9.21 Å². The van der Waals surface area contributed by atoms with E-state index >= 15 is 0 Å². The van der Waals surface area contributed by atoms with E-state index in [9.17, 15) is 4.79 Å². The summed E-state index contributed by atoms with van der Waals surface area (Å²) in [5.41, 5.74) is 6.58. The number of pyridine rings is 1. The third-order valence-corrected chi connectivity index (χ3v) is 2.33. The number of hydrogen-bond acceptors (Lipinski definition) is 4. The molecule has 0 atom stereocenters. The molecule has 5 nitrogen and oxygen atoms in total. The molecule has 0 fully saturated rings. The van der Waals surface area contributed by atoms with Crippen molar-refractivity contribution in [2.45, 2.75) is 13.8 Å². The van der Waals surface area contributed by atoms with Crippen LogP contribution in [-0.2, 0) is 0 Å². The van der Waals surface area contributed by atoms with E-state index < -0.39 is 0 Å². The molecule has 2 heterocycles. The van der Waals surface area contributed by atoms with Gasteiger partial charge in [-0.1, -0.05) is 0 Å². The molecular formula is C12H13N3O2. The number of carbonyl (C=O) groups excluding carboxylic acids is 1. The van der Waals surface area contributed by atoms with Crippen LogP contribution in [0.2, 0.25) is 0 Å². The summed E-state index contributed by atoms with van der Waals surface area (Å²) >= 11 is 0. The average Bonchev–Trinajstić information content (AvgIpc) is 2.61. The summed E-state index contributed by atoms with van der Waals surface area (Å²) in [5, 5.41) is 2.72. The average molecular weight is 231 g/mol. The monoisotopic (exact) mass is 231 g/mol. The summed E-state index contributed by atoms with van der Waals surface area (Å²) in [7, 11) is 0. The minimum absolute atomic E-state index is 0.217. The van der Waals surface area contributed by atoms with Crippen LogP contribution < -0.4 is 11.1 Å². The van der Waals surface area contributed by atoms with Crippen LogP contribution in [0.5, 0.6) is 0 Å². The van der Waals surface area contributed by atoms with Crippen LogP contribution in [-0.4, -0.2) is 10.9 Å². The van der Waals surface area contributed by atoms with Crippen molar-refractivity contribution in [2.75, 3.05) is 11.1 Å². The number of nitrogens with zero attached hydrogens (tertiary/aromatic N) is 1. The summed E-state index contributed by atoms with van der Waals surface area (Å²) in [6.45, 7) is 3.55. The maximum atomic E-state index is 11.9. The highest BCUT2D eigenvalue weighted by Crippen LogP contribution is 2.16. The van der Waals surface area contributed by atoms with Crippen molar-refractivity contribution >= 4 is 17.4 Å². The van der Waals surface area contributed by atoms with Gasteiger partial charge in [-0.2, -0.15) is 0 Å². The van der Waals surface area contributed by atoms with Crippen molar-refractivity contribution in [1.82, 2.24) is 4.98 Å². The SMILES string of the molecule is Cc1cc(C(=O)Nc2ccc(N)nc2)c(C)o1. The molecule has 1 amide bonds. The van der Waals surface area contributed by atoms with Gasteiger partial charge in [0.15, 0.2) is 0 Å². The van der Waals surface area contributed by atoms with E-state index in [-0.39, 0.29) is 5.91 Å². The number of nitrogens with two attached hydrogens (primary N) is 1. The number of aromatic nitrogens is 1. The third-order valence-electron chi connectivity index (χ3n) is 2.33. The summed E-state index contributed by atoms with van der Waals surface area (Å²) < 4.78 is 5.30. The van der Waals surface area contributed by atoms with Crippen LogP contribution in [0.15, 0.2) is 28.8 Å². The molecule has 0 aromatic carbocycles. The zero-order valence-electron chi connectivity index (χ0n) is 9.65. The van der Waals surface area contributed by atoms with Gasteiger partial charge in [0.25, 0.3) is 5.91 Å². The minimum Gasteiger partial charge on any atom is -0.466 e. The zero-order valence-corrected chi connectivity index (χ0v) is 9.65. The van der Waals surface area contributed by atoms with E-state index in [1.165, 1.54) is 6.20 Å². The number of carbonyl (C=O) groups is 1. The number of aryl methyl sites for hydroxylation is 2. The Morgan fingerprint density at radius 2 is 2.18 bits per heavy atom. The molecule has 2 rings (SSSR count). The Bertz CT molecular complexity index is 543. The Morgan fingerprint density at radius 3 is 2.71 bits per heavy atom. The first-order valence-corrected chi connectivity index (χ1v) is 5.16. The summed E-state index contributed by atoms with van der Waals surface area (Å²) in [4.78, 5) is 15.8. The number of nitrogens with one attached hydrogen (secondary N) is 1. The van der Waals surface area contributed by atoms with Gasteiger partial charge in [-0.05, 0) is 32.0 Å². The second-order valence-corrected chi connectivity index (χ2v) is 3.75. The standard InChI is InChI=1S/C12H13N3O2/c1-7-5-10(8(2)17-7)12(16)15-9-3-4-11(13)14-6-9/h3-6H,1-2H3,(H2,13,14)(H,15,16). The Labute approximate surface area is 98.6 Å². The second kappa shape index (κ2) is 4.29. The Kier molecular flexibility index (Phi) is 2.82. The van der Waals surface area contributed by atoms with E-state index in [2.05, 4.69) is 10.3 Å². The van der Waals surface area contributed by atoms with Crippen molar-refractivity contribution in [1.29, 1.82) is 0 Å². The molecule has 0 aliphatic rings. The molecule has 0 aliphatic heterocycles. The lowest BCUT2D eigenvalue weighted by atomic mass is 10.2. The van der Waals surface area contributed by atoms with Crippen LogP contribution >= 0.6 is 0 Å². The number of furan rings is 1. The Hall–Kier alpha value is -2.30. The number of hydrogen-bond donors (Lipinski definition) is 2. The van der Waals surface area contributed by atoms with Crippen LogP contribution in [0.25, 0.3) is 0 Å². The van der Waals surface area contributed by atoms with Crippen LogP contribution in [0, 0.1) is 13.8 Å². The van der Waals surface area contributed by atoms with Crippen molar-refractivity contribution in [3.05, 3.63) is 41.5 Å². The fourth-order valence-corrected chi connectivity index (χ4v) is 1.53. The molecule has 2 aromatic rings. The predicted molar refractivity (Wildman–Crippen MR) is 64.8 cm³/mol. The molecule has 2 aromatic heterocycles. The van der Waals surface area contributed by atoms with Crippen molar-refractivity contribution in [3.63, 3.8) is 0 Å². The van der Waals surface area contributed by atoms with Gasteiger partial charge in [-0.15, -0.1) is 0 Å². The molecule has 0 saturated heterocycles.